The Morgan fingerprint density at radius 3 is 2.32 bits per heavy atom. The van der Waals surface area contributed by atoms with Gasteiger partial charge in [0.15, 0.2) is 5.88 Å². The van der Waals surface area contributed by atoms with E-state index in [4.69, 9.17) is 9.83 Å². The molecular weight excluding hydrogens is 520 g/mol. The molecule has 9 heteroatoms. The smallest absolute Gasteiger partial charge is 0.336 e. The number of aromatic hydroxyl groups is 1. The molecule has 4 aromatic rings. The van der Waals surface area contributed by atoms with Crippen LogP contribution in [0.3, 0.4) is 0 Å². The third kappa shape index (κ3) is 5.59. The number of H-pyrrole nitrogens is 1. The number of hydroxylamine groups is 2. The van der Waals surface area contributed by atoms with Crippen LogP contribution in [0.4, 0.5) is 5.69 Å². The van der Waals surface area contributed by atoms with Crippen LogP contribution in [0, 0.1) is 13.8 Å². The summed E-state index contributed by atoms with van der Waals surface area (Å²) in [5.74, 6) is -1.33. The molecule has 3 N–H and O–H groups in total. The van der Waals surface area contributed by atoms with E-state index < -0.39 is 5.97 Å². The lowest BCUT2D eigenvalue weighted by atomic mass is 9.98. The lowest BCUT2D eigenvalue weighted by Gasteiger charge is -2.35. The number of carboxylic acid groups (broad SMARTS) is 1. The van der Waals surface area contributed by atoms with Crippen LogP contribution in [-0.2, 0) is 4.84 Å². The Morgan fingerprint density at radius 1 is 1.00 bits per heavy atom. The van der Waals surface area contributed by atoms with Crippen LogP contribution in [0.2, 0.25) is 0 Å². The zero-order valence-corrected chi connectivity index (χ0v) is 23.6. The molecule has 0 radical (unpaired) electrons. The molecule has 9 nitrogen and oxygen atoms in total. The molecule has 1 aromatic heterocycles. The number of nitrogens with one attached hydrogen (secondary N) is 1. The molecule has 0 unspecified atom stereocenters. The molecule has 1 aliphatic rings. The van der Waals surface area contributed by atoms with Gasteiger partial charge < -0.3 is 20.1 Å². The average molecular weight is 555 g/mol. The van der Waals surface area contributed by atoms with Crippen molar-refractivity contribution in [3.63, 3.8) is 0 Å². The number of hydrogen-bond donors (Lipinski definition) is 3. The molecule has 1 fully saturated rings. The summed E-state index contributed by atoms with van der Waals surface area (Å²) in [4.78, 5) is 40.8. The summed E-state index contributed by atoms with van der Waals surface area (Å²) in [6.45, 7) is 5.41. The maximum absolute atomic E-state index is 13.5. The van der Waals surface area contributed by atoms with E-state index in [1.807, 2.05) is 43.3 Å². The zero-order chi connectivity index (χ0) is 29.3. The van der Waals surface area contributed by atoms with Crippen molar-refractivity contribution in [1.29, 1.82) is 0 Å². The molecule has 212 valence electrons. The van der Waals surface area contributed by atoms with Crippen LogP contribution in [0.25, 0.3) is 10.9 Å². The highest BCUT2D eigenvalue weighted by atomic mass is 16.7. The summed E-state index contributed by atoms with van der Waals surface area (Å²) in [6, 6.07) is 18.2. The zero-order valence-electron chi connectivity index (χ0n) is 23.6. The fraction of sp³-hybridized carbons (Fsp3) is 0.281. The van der Waals surface area contributed by atoms with Crippen molar-refractivity contribution in [2.75, 3.05) is 27.2 Å². The summed E-state index contributed by atoms with van der Waals surface area (Å²) in [5.41, 5.74) is 4.88. The fourth-order valence-electron chi connectivity index (χ4n) is 5.50. The number of benzene rings is 3. The molecule has 0 saturated carbocycles. The number of hydrogen-bond acceptors (Lipinski definition) is 6. The van der Waals surface area contributed by atoms with Gasteiger partial charge in [-0.2, -0.15) is 0 Å². The van der Waals surface area contributed by atoms with E-state index in [-0.39, 0.29) is 23.4 Å². The third-order valence-corrected chi connectivity index (χ3v) is 7.74. The largest absolute Gasteiger partial charge is 0.494 e. The molecule has 5 rings (SSSR count). The summed E-state index contributed by atoms with van der Waals surface area (Å²) >= 11 is 0. The minimum Gasteiger partial charge on any atom is -0.494 e. The van der Waals surface area contributed by atoms with Crippen molar-refractivity contribution in [1.82, 2.24) is 14.9 Å². The number of carboxylic acids is 1. The number of aromatic nitrogens is 1. The van der Waals surface area contributed by atoms with Gasteiger partial charge >= 0.3 is 5.97 Å². The van der Waals surface area contributed by atoms with Crippen molar-refractivity contribution >= 4 is 34.2 Å². The topological polar surface area (TPSA) is 118 Å². The molecule has 0 atom stereocenters. The summed E-state index contributed by atoms with van der Waals surface area (Å²) < 4.78 is 0. The van der Waals surface area contributed by atoms with Gasteiger partial charge in [0.05, 0.1) is 35.7 Å². The van der Waals surface area contributed by atoms with Gasteiger partial charge in [0.1, 0.15) is 0 Å². The highest BCUT2D eigenvalue weighted by Crippen LogP contribution is 2.34. The Balaban J connectivity index is 1.56. The Hall–Kier alpha value is -4.47. The number of rotatable bonds is 7. The van der Waals surface area contributed by atoms with Crippen LogP contribution in [0.1, 0.15) is 55.8 Å². The van der Waals surface area contributed by atoms with Gasteiger partial charge in [-0.3, -0.25) is 9.63 Å². The molecule has 1 aliphatic heterocycles. The second kappa shape index (κ2) is 11.6. The van der Waals surface area contributed by atoms with Gasteiger partial charge in [0.25, 0.3) is 5.91 Å². The Labute approximate surface area is 238 Å². The number of aryl methyl sites for hydroxylation is 2. The van der Waals surface area contributed by atoms with Gasteiger partial charge in [0.2, 0.25) is 0 Å². The predicted octanol–water partition coefficient (Wildman–Crippen LogP) is 5.46. The normalized spacial score (nSPS) is 14.9. The van der Waals surface area contributed by atoms with Crippen LogP contribution in [0.5, 0.6) is 5.88 Å². The monoisotopic (exact) mass is 554 g/mol. The van der Waals surface area contributed by atoms with E-state index in [1.165, 1.54) is 18.2 Å². The quantitative estimate of drug-likeness (QED) is 0.206. The Bertz CT molecular complexity index is 1640. The van der Waals surface area contributed by atoms with E-state index in [0.29, 0.717) is 39.0 Å². The molecule has 0 bridgehead atoms. The van der Waals surface area contributed by atoms with E-state index in [0.717, 1.165) is 37.1 Å². The number of aliphatic imine (C=N–C) groups is 1. The highest BCUT2D eigenvalue weighted by Gasteiger charge is 2.29. The number of piperidine rings is 1. The first-order chi connectivity index (χ1) is 19.7. The predicted molar refractivity (Wildman–Crippen MR) is 158 cm³/mol. The van der Waals surface area contributed by atoms with Crippen LogP contribution in [-0.4, -0.2) is 76.0 Å². The van der Waals surface area contributed by atoms with Gasteiger partial charge in [-0.1, -0.05) is 30.3 Å². The van der Waals surface area contributed by atoms with Crippen LogP contribution >= 0.6 is 0 Å². The van der Waals surface area contributed by atoms with Crippen LogP contribution < -0.4 is 0 Å². The van der Waals surface area contributed by atoms with Crippen molar-refractivity contribution in [3.8, 4) is 5.88 Å². The lowest BCUT2D eigenvalue weighted by Crippen LogP contribution is -2.46. The van der Waals surface area contributed by atoms with Crippen molar-refractivity contribution in [3.05, 3.63) is 94.0 Å². The number of carbonyl (C=O) groups is 2. The van der Waals surface area contributed by atoms with E-state index >= 15 is 0 Å². The number of likely N-dealkylation sites (tertiary alicyclic amines) is 1. The maximum Gasteiger partial charge on any atom is 0.336 e. The minimum atomic E-state index is -1.04. The van der Waals surface area contributed by atoms with Gasteiger partial charge in [-0.15, -0.1) is 0 Å². The van der Waals surface area contributed by atoms with Crippen molar-refractivity contribution in [2.45, 2.75) is 32.7 Å². The molecule has 3 aromatic carbocycles. The molecular formula is C32H34N4O5. The van der Waals surface area contributed by atoms with E-state index in [9.17, 15) is 19.8 Å². The SMILES string of the molecule is CON(C(=O)c1ccc(N=C(c2ccccc2)c2c(O)[nH]c3cc(C(=O)O)c(C)cc23)cc1C)C1CCN(C)CC1. The lowest BCUT2D eigenvalue weighted by molar-refractivity contribution is -0.132. The summed E-state index contributed by atoms with van der Waals surface area (Å²) in [6.07, 6.45) is 1.69. The van der Waals surface area contributed by atoms with Crippen LogP contribution in [0.15, 0.2) is 65.7 Å². The first-order valence-electron chi connectivity index (χ1n) is 13.6. The van der Waals surface area contributed by atoms with E-state index in [1.54, 1.807) is 25.1 Å². The van der Waals surface area contributed by atoms with Gasteiger partial charge in [-0.25, -0.2) is 14.9 Å². The number of fused-ring (bicyclic) bond motifs is 1. The standard InChI is InChI=1S/C32H34N4O5/c1-19-16-22(10-11-24(19)31(38)36(41-4)23-12-14-35(3)15-13-23)33-29(21-8-6-5-7-9-21)28-26-17-20(2)25(32(39)40)18-27(26)34-30(28)37/h5-11,16-18,23,34,37H,12-15H2,1-4H3,(H,39,40). The number of aromatic carboxylic acids is 1. The summed E-state index contributed by atoms with van der Waals surface area (Å²) in [5, 5.41) is 22.7. The number of aromatic amines is 1. The third-order valence-electron chi connectivity index (χ3n) is 7.74. The number of amides is 1. The Morgan fingerprint density at radius 2 is 1.68 bits per heavy atom. The second-order valence-electron chi connectivity index (χ2n) is 10.5. The fourth-order valence-corrected chi connectivity index (χ4v) is 5.50. The summed E-state index contributed by atoms with van der Waals surface area (Å²) in [7, 11) is 3.61. The first-order valence-corrected chi connectivity index (χ1v) is 13.6. The van der Waals surface area contributed by atoms with Gasteiger partial charge in [0, 0.05) is 22.0 Å². The molecule has 41 heavy (non-hydrogen) atoms. The molecule has 2 heterocycles. The first kappa shape index (κ1) is 28.1. The molecule has 1 saturated heterocycles. The minimum absolute atomic E-state index is 0.0143. The molecule has 0 aliphatic carbocycles. The number of nitrogens with zero attached hydrogens (tertiary/aromatic N) is 3. The highest BCUT2D eigenvalue weighted by molar-refractivity contribution is 6.22. The molecule has 0 spiro atoms. The van der Waals surface area contributed by atoms with Gasteiger partial charge in [-0.05, 0) is 88.3 Å². The maximum atomic E-state index is 13.5. The number of carbonyl (C=O) groups excluding carboxylic acids is 1. The van der Waals surface area contributed by atoms with Crippen molar-refractivity contribution < 1.29 is 24.6 Å². The molecule has 1 amide bonds. The van der Waals surface area contributed by atoms with Crippen molar-refractivity contribution in [2.24, 2.45) is 4.99 Å². The van der Waals surface area contributed by atoms with E-state index in [2.05, 4.69) is 16.9 Å². The second-order valence-corrected chi connectivity index (χ2v) is 10.5. The average Bonchev–Trinajstić information content (AvgIpc) is 3.27. The Kier molecular flexibility index (Phi) is 7.92.